The van der Waals surface area contributed by atoms with Crippen LogP contribution >= 0.6 is 11.6 Å². The van der Waals surface area contributed by atoms with Crippen LogP contribution in [0.3, 0.4) is 0 Å². The summed E-state index contributed by atoms with van der Waals surface area (Å²) in [5.74, 6) is 3.35. The predicted octanol–water partition coefficient (Wildman–Crippen LogP) is 3.10. The Kier molecular flexibility index (Phi) is 5.76. The van der Waals surface area contributed by atoms with E-state index in [1.807, 2.05) is 5.43 Å². The number of halogens is 4. The number of nitrogens with zero attached hydrogens (tertiary/aromatic N) is 3. The van der Waals surface area contributed by atoms with E-state index in [2.05, 4.69) is 15.4 Å². The Labute approximate surface area is 172 Å². The normalized spacial score (nSPS) is 11.3. The topological polar surface area (TPSA) is 115 Å². The van der Waals surface area contributed by atoms with Gasteiger partial charge in [-0.3, -0.25) is 15.0 Å². The van der Waals surface area contributed by atoms with Crippen molar-refractivity contribution in [1.29, 1.82) is 0 Å². The molecule has 0 unspecified atom stereocenters. The molecule has 0 aliphatic carbocycles. The third-order valence-corrected chi connectivity index (χ3v) is 4.35. The van der Waals surface area contributed by atoms with E-state index in [1.54, 1.807) is 19.1 Å². The fourth-order valence-corrected chi connectivity index (χ4v) is 2.86. The summed E-state index contributed by atoms with van der Waals surface area (Å²) in [5.41, 5.74) is 0.761. The third kappa shape index (κ3) is 4.11. The molecule has 2 amide bonds. The molecule has 0 atom stereocenters. The van der Waals surface area contributed by atoms with Crippen LogP contribution in [0.2, 0.25) is 5.02 Å². The number of nitrogens with two attached hydrogens (primary N) is 1. The highest BCUT2D eigenvalue weighted by atomic mass is 35.5. The van der Waals surface area contributed by atoms with Gasteiger partial charge >= 0.3 is 6.18 Å². The SMILES string of the molecule is Cc1cccc(C(=O)NN)c1NC(=O)c1cc(C(F)(F)F)nn1-c1ncccc1Cl. The second-order valence-electron chi connectivity index (χ2n) is 6.06. The van der Waals surface area contributed by atoms with Crippen LogP contribution in [0.25, 0.3) is 5.82 Å². The molecule has 0 radical (unpaired) electrons. The van der Waals surface area contributed by atoms with E-state index in [-0.39, 0.29) is 22.1 Å². The highest BCUT2D eigenvalue weighted by Gasteiger charge is 2.36. The summed E-state index contributed by atoms with van der Waals surface area (Å²) in [6.07, 6.45) is -3.52. The van der Waals surface area contributed by atoms with Crippen LogP contribution in [0.4, 0.5) is 18.9 Å². The monoisotopic (exact) mass is 438 g/mol. The first-order valence-corrected chi connectivity index (χ1v) is 8.71. The number of rotatable bonds is 4. The van der Waals surface area contributed by atoms with Gasteiger partial charge < -0.3 is 5.32 Å². The van der Waals surface area contributed by atoms with Crippen molar-refractivity contribution in [1.82, 2.24) is 20.2 Å². The van der Waals surface area contributed by atoms with E-state index < -0.39 is 29.4 Å². The minimum Gasteiger partial charge on any atom is -0.320 e. The Morgan fingerprint density at radius 3 is 2.53 bits per heavy atom. The molecule has 156 valence electrons. The summed E-state index contributed by atoms with van der Waals surface area (Å²) in [6, 6.07) is 8.02. The molecule has 3 aromatic rings. The number of carbonyl (C=O) groups excluding carboxylic acids is 2. The zero-order chi connectivity index (χ0) is 22.1. The first-order chi connectivity index (χ1) is 14.1. The van der Waals surface area contributed by atoms with Gasteiger partial charge in [0.05, 0.1) is 16.3 Å². The lowest BCUT2D eigenvalue weighted by molar-refractivity contribution is -0.141. The summed E-state index contributed by atoms with van der Waals surface area (Å²) in [7, 11) is 0. The van der Waals surface area contributed by atoms with Gasteiger partial charge in [-0.2, -0.15) is 18.3 Å². The van der Waals surface area contributed by atoms with Crippen molar-refractivity contribution in [2.75, 3.05) is 5.32 Å². The summed E-state index contributed by atoms with van der Waals surface area (Å²) in [4.78, 5) is 28.8. The van der Waals surface area contributed by atoms with Crippen LogP contribution in [0.5, 0.6) is 0 Å². The lowest BCUT2D eigenvalue weighted by atomic mass is 10.1. The van der Waals surface area contributed by atoms with Gasteiger partial charge in [0, 0.05) is 12.3 Å². The number of anilines is 1. The maximum absolute atomic E-state index is 13.2. The van der Waals surface area contributed by atoms with Crippen molar-refractivity contribution < 1.29 is 22.8 Å². The van der Waals surface area contributed by atoms with Crippen molar-refractivity contribution in [3.8, 4) is 5.82 Å². The van der Waals surface area contributed by atoms with E-state index in [4.69, 9.17) is 17.4 Å². The van der Waals surface area contributed by atoms with Gasteiger partial charge in [-0.05, 0) is 30.7 Å². The second kappa shape index (κ2) is 8.13. The number of hydrazine groups is 1. The van der Waals surface area contributed by atoms with Crippen LogP contribution in [-0.2, 0) is 6.18 Å². The summed E-state index contributed by atoms with van der Waals surface area (Å²) < 4.78 is 40.4. The standard InChI is InChI=1S/C18H14ClF3N6O2/c1-9-4-2-5-10(16(29)26-23)14(9)25-17(30)12-8-13(18(20,21)22)27-28(12)15-11(19)6-3-7-24-15/h2-8H,23H2,1H3,(H,25,30)(H,26,29). The van der Waals surface area contributed by atoms with Gasteiger partial charge in [-0.1, -0.05) is 23.7 Å². The molecule has 2 heterocycles. The van der Waals surface area contributed by atoms with E-state index >= 15 is 0 Å². The Morgan fingerprint density at radius 1 is 1.17 bits per heavy atom. The zero-order valence-corrected chi connectivity index (χ0v) is 16.0. The second-order valence-corrected chi connectivity index (χ2v) is 6.47. The number of benzene rings is 1. The molecule has 0 spiro atoms. The van der Waals surface area contributed by atoms with Gasteiger partial charge in [0.1, 0.15) is 5.69 Å². The molecule has 2 aromatic heterocycles. The molecule has 0 aliphatic heterocycles. The van der Waals surface area contributed by atoms with Crippen LogP contribution in [0, 0.1) is 6.92 Å². The molecule has 30 heavy (non-hydrogen) atoms. The molecule has 4 N–H and O–H groups in total. The van der Waals surface area contributed by atoms with E-state index in [9.17, 15) is 22.8 Å². The predicted molar refractivity (Wildman–Crippen MR) is 102 cm³/mol. The van der Waals surface area contributed by atoms with Crippen molar-refractivity contribution in [3.63, 3.8) is 0 Å². The maximum Gasteiger partial charge on any atom is 0.435 e. The van der Waals surface area contributed by atoms with Crippen LogP contribution in [0.1, 0.15) is 32.1 Å². The number of nitrogen functional groups attached to an aromatic ring is 1. The van der Waals surface area contributed by atoms with E-state index in [1.165, 1.54) is 24.4 Å². The summed E-state index contributed by atoms with van der Waals surface area (Å²) in [6.45, 7) is 1.61. The molecule has 0 saturated carbocycles. The molecule has 8 nitrogen and oxygen atoms in total. The smallest absolute Gasteiger partial charge is 0.320 e. The van der Waals surface area contributed by atoms with E-state index in [0.29, 0.717) is 16.3 Å². The number of para-hydroxylation sites is 1. The molecule has 1 aromatic carbocycles. The minimum absolute atomic E-state index is 0.0116. The minimum atomic E-state index is -4.81. The molecule has 0 saturated heterocycles. The van der Waals surface area contributed by atoms with Gasteiger partial charge in [0.25, 0.3) is 11.8 Å². The number of hydrogen-bond acceptors (Lipinski definition) is 5. The Balaban J connectivity index is 2.11. The quantitative estimate of drug-likeness (QED) is 0.329. The molecule has 0 fully saturated rings. The molecular weight excluding hydrogens is 425 g/mol. The zero-order valence-electron chi connectivity index (χ0n) is 15.3. The van der Waals surface area contributed by atoms with Crippen molar-refractivity contribution >= 4 is 29.1 Å². The summed E-state index contributed by atoms with van der Waals surface area (Å²) in [5, 5.41) is 5.89. The Hall–Kier alpha value is -3.44. The first kappa shape index (κ1) is 21.3. The number of hydrogen-bond donors (Lipinski definition) is 3. The van der Waals surface area contributed by atoms with Gasteiger partial charge in [0.15, 0.2) is 11.5 Å². The number of nitrogens with one attached hydrogen (secondary N) is 2. The number of carbonyl (C=O) groups is 2. The number of alkyl halides is 3. The fourth-order valence-electron chi connectivity index (χ4n) is 2.65. The van der Waals surface area contributed by atoms with Crippen molar-refractivity contribution in [2.45, 2.75) is 13.1 Å². The molecule has 12 heteroatoms. The Bertz CT molecular complexity index is 1130. The van der Waals surface area contributed by atoms with Crippen LogP contribution < -0.4 is 16.6 Å². The number of aromatic nitrogens is 3. The molecule has 3 rings (SSSR count). The molecule has 0 aliphatic rings. The average molecular weight is 439 g/mol. The largest absolute Gasteiger partial charge is 0.435 e. The van der Waals surface area contributed by atoms with E-state index in [0.717, 1.165) is 0 Å². The highest BCUT2D eigenvalue weighted by molar-refractivity contribution is 6.32. The van der Waals surface area contributed by atoms with Crippen LogP contribution in [-0.4, -0.2) is 26.6 Å². The number of amides is 2. The van der Waals surface area contributed by atoms with Crippen LogP contribution in [0.15, 0.2) is 42.6 Å². The average Bonchev–Trinajstić information content (AvgIpc) is 3.15. The first-order valence-electron chi connectivity index (χ1n) is 8.33. The van der Waals surface area contributed by atoms with Gasteiger partial charge in [0.2, 0.25) is 0 Å². The number of pyridine rings is 1. The highest BCUT2D eigenvalue weighted by Crippen LogP contribution is 2.31. The Morgan fingerprint density at radius 2 is 1.90 bits per heavy atom. The van der Waals surface area contributed by atoms with Crippen molar-refractivity contribution in [3.05, 3.63) is 70.1 Å². The molecule has 0 bridgehead atoms. The molecular formula is C18H14ClF3N6O2. The maximum atomic E-state index is 13.2. The number of aryl methyl sites for hydroxylation is 1. The lowest BCUT2D eigenvalue weighted by Gasteiger charge is -2.13. The van der Waals surface area contributed by atoms with Crippen molar-refractivity contribution in [2.24, 2.45) is 5.84 Å². The third-order valence-electron chi connectivity index (χ3n) is 4.06. The fraction of sp³-hybridized carbons (Fsp3) is 0.111. The van der Waals surface area contributed by atoms with Gasteiger partial charge in [-0.15, -0.1) is 0 Å². The lowest BCUT2D eigenvalue weighted by Crippen LogP contribution is -2.31. The summed E-state index contributed by atoms with van der Waals surface area (Å²) >= 11 is 6.03. The van der Waals surface area contributed by atoms with Gasteiger partial charge in [-0.25, -0.2) is 15.5 Å².